The van der Waals surface area contributed by atoms with Crippen LogP contribution >= 0.6 is 15.9 Å². The van der Waals surface area contributed by atoms with Gasteiger partial charge in [-0.25, -0.2) is 0 Å². The number of halogens is 4. The number of aromatic hydroxyl groups is 1. The van der Waals surface area contributed by atoms with Crippen molar-refractivity contribution in [1.29, 1.82) is 0 Å². The summed E-state index contributed by atoms with van der Waals surface area (Å²) in [6.07, 6.45) is 1.66. The zero-order chi connectivity index (χ0) is 35.0. The molecule has 0 amide bonds. The molecule has 0 radical (unpaired) electrons. The monoisotopic (exact) mass is 734 g/mol. The first-order valence-corrected chi connectivity index (χ1v) is 17.6. The SMILES string of the molecule is CCCCOc1ccc(C2(c3ccccc3)C=Cc3c4c(c5cc(Br)c6c(O)cccc6c5c3O2)-c2ccc(C(F)(F)F)cc2C4(C)C)cc1. The predicted octanol–water partition coefficient (Wildman–Crippen LogP) is 12.3. The van der Waals surface area contributed by atoms with E-state index >= 15 is 0 Å². The van der Waals surface area contributed by atoms with Crippen molar-refractivity contribution in [2.24, 2.45) is 0 Å². The lowest BCUT2D eigenvalue weighted by Crippen LogP contribution is -2.35. The van der Waals surface area contributed by atoms with Gasteiger partial charge in [-0.3, -0.25) is 0 Å². The van der Waals surface area contributed by atoms with Crippen molar-refractivity contribution in [3.05, 3.63) is 141 Å². The molecule has 1 N–H and O–H groups in total. The lowest BCUT2D eigenvalue weighted by molar-refractivity contribution is -0.137. The highest BCUT2D eigenvalue weighted by molar-refractivity contribution is 9.10. The van der Waals surface area contributed by atoms with Gasteiger partial charge in [-0.15, -0.1) is 0 Å². The van der Waals surface area contributed by atoms with Gasteiger partial charge in [-0.05, 0) is 97.9 Å². The molecule has 0 saturated heterocycles. The Morgan fingerprint density at radius 2 is 1.58 bits per heavy atom. The second kappa shape index (κ2) is 11.7. The van der Waals surface area contributed by atoms with Gasteiger partial charge in [0.15, 0.2) is 5.60 Å². The average Bonchev–Trinajstić information content (AvgIpc) is 3.34. The molecule has 1 atom stereocenters. The van der Waals surface area contributed by atoms with Crippen LogP contribution in [0.25, 0.3) is 38.7 Å². The van der Waals surface area contributed by atoms with E-state index in [1.54, 1.807) is 18.2 Å². The minimum atomic E-state index is -4.48. The number of phenols is 1. The number of alkyl halides is 3. The molecule has 252 valence electrons. The quantitative estimate of drug-likeness (QED) is 0.137. The molecule has 0 bridgehead atoms. The lowest BCUT2D eigenvalue weighted by atomic mass is 9.76. The van der Waals surface area contributed by atoms with E-state index in [4.69, 9.17) is 9.47 Å². The minimum absolute atomic E-state index is 0.111. The molecular weight excluding hydrogens is 701 g/mol. The summed E-state index contributed by atoms with van der Waals surface area (Å²) in [7, 11) is 0. The zero-order valence-corrected chi connectivity index (χ0v) is 29.4. The van der Waals surface area contributed by atoms with E-state index in [1.165, 1.54) is 12.1 Å². The maximum Gasteiger partial charge on any atom is 0.416 e. The Kier molecular flexibility index (Phi) is 7.57. The molecule has 3 nitrogen and oxygen atoms in total. The second-order valence-electron chi connectivity index (χ2n) is 13.6. The van der Waals surface area contributed by atoms with Crippen molar-refractivity contribution < 1.29 is 27.8 Å². The molecule has 1 aliphatic carbocycles. The fourth-order valence-corrected chi connectivity index (χ4v) is 8.50. The second-order valence-corrected chi connectivity index (χ2v) is 14.5. The topological polar surface area (TPSA) is 38.7 Å². The summed E-state index contributed by atoms with van der Waals surface area (Å²) < 4.78 is 56.3. The smallest absolute Gasteiger partial charge is 0.416 e. The van der Waals surface area contributed by atoms with Crippen molar-refractivity contribution >= 4 is 43.6 Å². The predicted molar refractivity (Wildman–Crippen MR) is 197 cm³/mol. The van der Waals surface area contributed by atoms with Gasteiger partial charge in [0.25, 0.3) is 0 Å². The molecular formula is C43H34BrF3O3. The third-order valence-corrected chi connectivity index (χ3v) is 10.9. The summed E-state index contributed by atoms with van der Waals surface area (Å²) >= 11 is 3.73. The molecule has 50 heavy (non-hydrogen) atoms. The van der Waals surface area contributed by atoms with Crippen LogP contribution in [0.2, 0.25) is 0 Å². The highest BCUT2D eigenvalue weighted by Crippen LogP contribution is 2.60. The van der Waals surface area contributed by atoms with Crippen LogP contribution in [0.15, 0.2) is 108 Å². The summed E-state index contributed by atoms with van der Waals surface area (Å²) in [5.41, 5.74) is 3.23. The van der Waals surface area contributed by atoms with Crippen molar-refractivity contribution in [1.82, 2.24) is 0 Å². The molecule has 0 aromatic heterocycles. The van der Waals surface area contributed by atoms with Crippen LogP contribution in [0, 0.1) is 0 Å². The van der Waals surface area contributed by atoms with Crippen LogP contribution < -0.4 is 9.47 Å². The normalized spacial score (nSPS) is 17.3. The first-order chi connectivity index (χ1) is 24.0. The van der Waals surface area contributed by atoms with Gasteiger partial charge in [0, 0.05) is 37.4 Å². The Morgan fingerprint density at radius 1 is 0.840 bits per heavy atom. The van der Waals surface area contributed by atoms with E-state index in [1.807, 2.05) is 80.6 Å². The van der Waals surface area contributed by atoms with Gasteiger partial charge >= 0.3 is 6.18 Å². The molecule has 2 aliphatic rings. The Bertz CT molecular complexity index is 2340. The largest absolute Gasteiger partial charge is 0.507 e. The van der Waals surface area contributed by atoms with Crippen LogP contribution in [0.4, 0.5) is 13.2 Å². The molecule has 1 aliphatic heterocycles. The van der Waals surface area contributed by atoms with Gasteiger partial charge in [0.2, 0.25) is 0 Å². The first kappa shape index (κ1) is 32.5. The fraction of sp³-hybridized carbons (Fsp3) is 0.209. The summed E-state index contributed by atoms with van der Waals surface area (Å²) in [6.45, 7) is 6.73. The van der Waals surface area contributed by atoms with Crippen molar-refractivity contribution in [2.45, 2.75) is 50.8 Å². The Morgan fingerprint density at radius 3 is 2.30 bits per heavy atom. The molecule has 0 spiro atoms. The summed E-state index contributed by atoms with van der Waals surface area (Å²) in [5.74, 6) is 1.49. The van der Waals surface area contributed by atoms with E-state index in [2.05, 4.69) is 35.0 Å². The minimum Gasteiger partial charge on any atom is -0.507 e. The number of phenolic OH excluding ortho intramolecular Hbond substituents is 1. The Balaban J connectivity index is 1.44. The van der Waals surface area contributed by atoms with E-state index in [0.717, 1.165) is 68.1 Å². The van der Waals surface area contributed by atoms with Crippen LogP contribution in [-0.4, -0.2) is 11.7 Å². The van der Waals surface area contributed by atoms with Crippen LogP contribution in [0.3, 0.4) is 0 Å². The fourth-order valence-electron chi connectivity index (χ4n) is 7.85. The number of unbranched alkanes of at least 4 members (excludes halogenated alkanes) is 1. The summed E-state index contributed by atoms with van der Waals surface area (Å²) in [6, 6.07) is 29.4. The summed E-state index contributed by atoms with van der Waals surface area (Å²) in [4.78, 5) is 0. The standard InChI is InChI=1S/C43H34BrF3O3/c1-4-5-22-49-28-17-14-26(15-18-28)42(25-10-7-6-8-11-25)21-20-31-39-36(29-19-16-27(43(45,46)47)23-33(29)41(39,2)3)32-24-34(44)38-30(12-9-13-35(38)48)37(32)40(31)50-42/h6-21,23-24,48H,4-5,22H2,1-3H3. The molecule has 8 rings (SSSR count). The molecule has 0 saturated carbocycles. The number of fused-ring (bicyclic) bond motifs is 10. The number of ether oxygens (including phenoxy) is 2. The van der Waals surface area contributed by atoms with E-state index in [0.29, 0.717) is 27.8 Å². The summed E-state index contributed by atoms with van der Waals surface area (Å²) in [5, 5.41) is 14.1. The highest BCUT2D eigenvalue weighted by atomic mass is 79.9. The molecule has 7 heteroatoms. The van der Waals surface area contributed by atoms with Crippen molar-refractivity contribution in [3.8, 4) is 28.4 Å². The molecule has 1 heterocycles. The number of benzene rings is 6. The van der Waals surface area contributed by atoms with E-state index in [-0.39, 0.29) is 5.75 Å². The number of rotatable bonds is 6. The van der Waals surface area contributed by atoms with Gasteiger partial charge in [0.1, 0.15) is 17.2 Å². The van der Waals surface area contributed by atoms with E-state index in [9.17, 15) is 18.3 Å². The molecule has 6 aromatic rings. The van der Waals surface area contributed by atoms with Gasteiger partial charge in [-0.1, -0.05) is 93.9 Å². The lowest BCUT2D eigenvalue weighted by Gasteiger charge is -2.38. The van der Waals surface area contributed by atoms with Gasteiger partial charge in [-0.2, -0.15) is 13.2 Å². The van der Waals surface area contributed by atoms with Crippen molar-refractivity contribution in [2.75, 3.05) is 6.61 Å². The molecule has 0 fully saturated rings. The van der Waals surface area contributed by atoms with Crippen LogP contribution in [0.5, 0.6) is 17.2 Å². The van der Waals surface area contributed by atoms with E-state index < -0.39 is 22.8 Å². The molecule has 6 aromatic carbocycles. The Labute approximate surface area is 297 Å². The third-order valence-electron chi connectivity index (χ3n) is 10.3. The highest BCUT2D eigenvalue weighted by Gasteiger charge is 2.45. The zero-order valence-electron chi connectivity index (χ0n) is 27.8. The number of hydrogen-bond donors (Lipinski definition) is 1. The van der Waals surface area contributed by atoms with Crippen molar-refractivity contribution in [3.63, 3.8) is 0 Å². The average molecular weight is 736 g/mol. The third kappa shape index (κ3) is 4.84. The van der Waals surface area contributed by atoms with Crippen LogP contribution in [-0.2, 0) is 17.2 Å². The van der Waals surface area contributed by atoms with Gasteiger partial charge < -0.3 is 14.6 Å². The van der Waals surface area contributed by atoms with Crippen LogP contribution in [0.1, 0.15) is 67.0 Å². The first-order valence-electron chi connectivity index (χ1n) is 16.8. The maximum atomic E-state index is 14.1. The molecule has 1 unspecified atom stereocenters. The van der Waals surface area contributed by atoms with Gasteiger partial charge in [0.05, 0.1) is 12.2 Å². The maximum absolute atomic E-state index is 14.1. The number of hydrogen-bond acceptors (Lipinski definition) is 3. The Hall–Kier alpha value is -4.75.